The van der Waals surface area contributed by atoms with Gasteiger partial charge in [0.1, 0.15) is 5.82 Å². The number of hydrogen-bond donors (Lipinski definition) is 1. The molecule has 2 rings (SSSR count). The van der Waals surface area contributed by atoms with Gasteiger partial charge in [0.2, 0.25) is 0 Å². The first kappa shape index (κ1) is 12.4. The van der Waals surface area contributed by atoms with E-state index in [9.17, 15) is 17.6 Å². The largest absolute Gasteiger partial charge is 0.419 e. The summed E-state index contributed by atoms with van der Waals surface area (Å²) in [6, 6.07) is 3.24. The number of halogens is 4. The molecule has 17 heavy (non-hydrogen) atoms. The molecule has 0 spiro atoms. The van der Waals surface area contributed by atoms with E-state index >= 15 is 0 Å². The van der Waals surface area contributed by atoms with Crippen molar-refractivity contribution in [1.82, 2.24) is 0 Å². The summed E-state index contributed by atoms with van der Waals surface area (Å²) >= 11 is 0. The molecule has 0 bridgehead atoms. The predicted octanol–water partition coefficient (Wildman–Crippen LogP) is 3.30. The van der Waals surface area contributed by atoms with Crippen LogP contribution >= 0.6 is 0 Å². The summed E-state index contributed by atoms with van der Waals surface area (Å²) < 4.78 is 50.7. The summed E-state index contributed by atoms with van der Waals surface area (Å²) in [5.74, 6) is -0.951. The molecular weight excluding hydrogens is 234 g/mol. The quantitative estimate of drug-likeness (QED) is 0.797. The second-order valence-corrected chi connectivity index (χ2v) is 4.42. The van der Waals surface area contributed by atoms with Gasteiger partial charge in [-0.15, -0.1) is 0 Å². The molecule has 1 aliphatic carbocycles. The summed E-state index contributed by atoms with van der Waals surface area (Å²) in [5.41, 5.74) is 4.88. The fraction of sp³-hybridized carbons (Fsp3) is 0.500. The number of nitrogens with two attached hydrogens (primary N) is 1. The Labute approximate surface area is 96.6 Å². The number of benzene rings is 1. The highest BCUT2D eigenvalue weighted by atomic mass is 19.4. The van der Waals surface area contributed by atoms with Gasteiger partial charge in [-0.2, -0.15) is 13.2 Å². The van der Waals surface area contributed by atoms with Gasteiger partial charge >= 0.3 is 6.18 Å². The van der Waals surface area contributed by atoms with Gasteiger partial charge < -0.3 is 5.73 Å². The SMILES string of the molecule is NCC1CCC1c1ccc(F)c(C(F)(F)F)c1. The van der Waals surface area contributed by atoms with Crippen LogP contribution in [0.15, 0.2) is 18.2 Å². The minimum absolute atomic E-state index is 0.0432. The van der Waals surface area contributed by atoms with Crippen molar-refractivity contribution < 1.29 is 17.6 Å². The highest BCUT2D eigenvalue weighted by Crippen LogP contribution is 2.43. The van der Waals surface area contributed by atoms with Gasteiger partial charge in [0.15, 0.2) is 0 Å². The molecule has 1 aromatic rings. The maximum atomic E-state index is 13.1. The van der Waals surface area contributed by atoms with E-state index in [4.69, 9.17) is 5.73 Å². The monoisotopic (exact) mass is 247 g/mol. The topological polar surface area (TPSA) is 26.0 Å². The molecule has 2 N–H and O–H groups in total. The van der Waals surface area contributed by atoms with Gasteiger partial charge in [0, 0.05) is 0 Å². The van der Waals surface area contributed by atoms with E-state index in [-0.39, 0.29) is 11.8 Å². The first-order chi connectivity index (χ1) is 7.93. The molecule has 0 aromatic heterocycles. The van der Waals surface area contributed by atoms with Gasteiger partial charge in [-0.1, -0.05) is 6.07 Å². The van der Waals surface area contributed by atoms with Crippen molar-refractivity contribution in [2.24, 2.45) is 11.7 Å². The van der Waals surface area contributed by atoms with Gasteiger partial charge in [-0.25, -0.2) is 4.39 Å². The van der Waals surface area contributed by atoms with Crippen LogP contribution in [0.25, 0.3) is 0 Å². The van der Waals surface area contributed by atoms with Crippen molar-refractivity contribution in [2.45, 2.75) is 24.9 Å². The van der Waals surface area contributed by atoms with Crippen LogP contribution in [0.4, 0.5) is 17.6 Å². The smallest absolute Gasteiger partial charge is 0.330 e. The third-order valence-electron chi connectivity index (χ3n) is 3.44. The van der Waals surface area contributed by atoms with E-state index in [1.165, 1.54) is 6.07 Å². The highest BCUT2D eigenvalue weighted by molar-refractivity contribution is 5.31. The minimum atomic E-state index is -4.64. The second kappa shape index (κ2) is 4.29. The zero-order chi connectivity index (χ0) is 12.6. The summed E-state index contributed by atoms with van der Waals surface area (Å²) in [6.07, 6.45) is -2.88. The molecule has 1 fully saturated rings. The zero-order valence-corrected chi connectivity index (χ0v) is 9.10. The van der Waals surface area contributed by atoms with Crippen molar-refractivity contribution in [2.75, 3.05) is 6.54 Å². The Balaban J connectivity index is 2.31. The van der Waals surface area contributed by atoms with E-state index in [2.05, 4.69) is 0 Å². The van der Waals surface area contributed by atoms with E-state index in [1.807, 2.05) is 0 Å². The lowest BCUT2D eigenvalue weighted by Crippen LogP contribution is -2.30. The Bertz CT molecular complexity index is 411. The molecule has 0 radical (unpaired) electrons. The molecule has 0 aliphatic heterocycles. The Morgan fingerprint density at radius 3 is 2.41 bits per heavy atom. The van der Waals surface area contributed by atoms with Gasteiger partial charge in [-0.05, 0) is 48.9 Å². The van der Waals surface area contributed by atoms with Crippen LogP contribution in [-0.4, -0.2) is 6.54 Å². The number of alkyl halides is 3. The minimum Gasteiger partial charge on any atom is -0.330 e. The van der Waals surface area contributed by atoms with Crippen LogP contribution < -0.4 is 5.73 Å². The first-order valence-electron chi connectivity index (χ1n) is 5.50. The lowest BCUT2D eigenvalue weighted by atomic mass is 9.70. The fourth-order valence-corrected chi connectivity index (χ4v) is 2.28. The average Bonchev–Trinajstić information content (AvgIpc) is 2.18. The van der Waals surface area contributed by atoms with Gasteiger partial charge in [0.25, 0.3) is 0 Å². The van der Waals surface area contributed by atoms with Crippen molar-refractivity contribution in [1.29, 1.82) is 0 Å². The predicted molar refractivity (Wildman–Crippen MR) is 55.9 cm³/mol. The molecule has 0 amide bonds. The lowest BCUT2D eigenvalue weighted by Gasteiger charge is -2.36. The highest BCUT2D eigenvalue weighted by Gasteiger charge is 2.37. The number of rotatable bonds is 2. The maximum Gasteiger partial charge on any atom is 0.419 e. The molecule has 2 unspecified atom stereocenters. The molecule has 1 nitrogen and oxygen atoms in total. The molecule has 0 heterocycles. The van der Waals surface area contributed by atoms with Gasteiger partial charge in [-0.3, -0.25) is 0 Å². The molecule has 1 saturated carbocycles. The van der Waals surface area contributed by atoms with Crippen LogP contribution in [0, 0.1) is 11.7 Å². The fourth-order valence-electron chi connectivity index (χ4n) is 2.28. The number of hydrogen-bond acceptors (Lipinski definition) is 1. The summed E-state index contributed by atoms with van der Waals surface area (Å²) in [4.78, 5) is 0. The Kier molecular flexibility index (Phi) is 3.12. The third-order valence-corrected chi connectivity index (χ3v) is 3.44. The average molecular weight is 247 g/mol. The molecule has 5 heteroatoms. The third kappa shape index (κ3) is 2.29. The summed E-state index contributed by atoms with van der Waals surface area (Å²) in [5, 5.41) is 0. The Morgan fingerprint density at radius 1 is 1.24 bits per heavy atom. The maximum absolute atomic E-state index is 13.1. The first-order valence-corrected chi connectivity index (χ1v) is 5.50. The van der Waals surface area contributed by atoms with Crippen LogP contribution in [0.5, 0.6) is 0 Å². The molecular formula is C12H13F4N. The molecule has 94 valence electrons. The molecule has 1 aromatic carbocycles. The molecule has 1 aliphatic rings. The molecule has 0 saturated heterocycles. The standard InChI is InChI=1S/C12H13F4N/c13-11-4-2-7(5-10(11)12(14,15)16)9-3-1-8(9)6-17/h2,4-5,8-9H,1,3,6,17H2. The van der Waals surface area contributed by atoms with Crippen molar-refractivity contribution >= 4 is 0 Å². The lowest BCUT2D eigenvalue weighted by molar-refractivity contribution is -0.140. The van der Waals surface area contributed by atoms with E-state index in [1.54, 1.807) is 0 Å². The summed E-state index contributed by atoms with van der Waals surface area (Å²) in [7, 11) is 0. The van der Waals surface area contributed by atoms with Crippen molar-refractivity contribution in [3.05, 3.63) is 35.1 Å². The van der Waals surface area contributed by atoms with Crippen LogP contribution in [0.2, 0.25) is 0 Å². The van der Waals surface area contributed by atoms with E-state index in [0.29, 0.717) is 12.1 Å². The van der Waals surface area contributed by atoms with Crippen molar-refractivity contribution in [3.8, 4) is 0 Å². The Hall–Kier alpha value is -1.10. The normalized spacial score (nSPS) is 24.5. The van der Waals surface area contributed by atoms with Crippen LogP contribution in [0.3, 0.4) is 0 Å². The van der Waals surface area contributed by atoms with E-state index in [0.717, 1.165) is 25.0 Å². The van der Waals surface area contributed by atoms with E-state index < -0.39 is 17.6 Å². The second-order valence-electron chi connectivity index (χ2n) is 4.42. The molecule has 2 atom stereocenters. The van der Waals surface area contributed by atoms with Crippen LogP contribution in [-0.2, 0) is 6.18 Å². The van der Waals surface area contributed by atoms with Crippen molar-refractivity contribution in [3.63, 3.8) is 0 Å². The zero-order valence-electron chi connectivity index (χ0n) is 9.10. The van der Waals surface area contributed by atoms with Crippen LogP contribution in [0.1, 0.15) is 29.9 Å². The Morgan fingerprint density at radius 2 is 1.94 bits per heavy atom. The summed E-state index contributed by atoms with van der Waals surface area (Å²) in [6.45, 7) is 0.462. The van der Waals surface area contributed by atoms with Gasteiger partial charge in [0.05, 0.1) is 5.56 Å².